The van der Waals surface area contributed by atoms with Gasteiger partial charge in [-0.2, -0.15) is 0 Å². The minimum atomic E-state index is -0.140. The highest BCUT2D eigenvalue weighted by Gasteiger charge is 2.09. The normalized spacial score (nSPS) is 10.8. The molecule has 0 aliphatic carbocycles. The molecule has 0 fully saturated rings. The van der Waals surface area contributed by atoms with E-state index in [1.807, 2.05) is 35.9 Å². The Labute approximate surface area is 127 Å². The quantitative estimate of drug-likeness (QED) is 0.807. The number of nitrogens with zero attached hydrogens (tertiary/aromatic N) is 2. The van der Waals surface area contributed by atoms with Crippen LogP contribution in [0.5, 0.6) is 0 Å². The fraction of sp³-hybridized carbons (Fsp3) is 0.125. The summed E-state index contributed by atoms with van der Waals surface area (Å²) < 4.78 is 1.98. The third kappa shape index (κ3) is 2.76. The van der Waals surface area contributed by atoms with Crippen molar-refractivity contribution in [2.24, 2.45) is 7.05 Å². The van der Waals surface area contributed by atoms with Crippen LogP contribution in [0.1, 0.15) is 16.2 Å². The largest absolute Gasteiger partial charge is 0.345 e. The van der Waals surface area contributed by atoms with Gasteiger partial charge in [-0.05, 0) is 36.4 Å². The van der Waals surface area contributed by atoms with Crippen LogP contribution < -0.4 is 5.32 Å². The smallest absolute Gasteiger partial charge is 0.251 e. The molecule has 1 amide bonds. The molecule has 3 aromatic rings. The highest BCUT2D eigenvalue weighted by molar-refractivity contribution is 6.30. The molecule has 1 heterocycles. The summed E-state index contributed by atoms with van der Waals surface area (Å²) in [5.41, 5.74) is 2.56. The molecule has 3 rings (SSSR count). The van der Waals surface area contributed by atoms with Crippen molar-refractivity contribution in [3.05, 3.63) is 64.9 Å². The maximum Gasteiger partial charge on any atom is 0.251 e. The van der Waals surface area contributed by atoms with Gasteiger partial charge in [-0.15, -0.1) is 0 Å². The summed E-state index contributed by atoms with van der Waals surface area (Å²) in [5, 5.41) is 3.48. The molecule has 0 radical (unpaired) electrons. The van der Waals surface area contributed by atoms with Crippen LogP contribution in [0.3, 0.4) is 0 Å². The number of benzene rings is 2. The number of nitrogens with one attached hydrogen (secondary N) is 1. The van der Waals surface area contributed by atoms with E-state index < -0.39 is 0 Å². The number of halogens is 1. The number of carbonyl (C=O) groups excluding carboxylic acids is 1. The lowest BCUT2D eigenvalue weighted by Gasteiger charge is -2.05. The van der Waals surface area contributed by atoms with Gasteiger partial charge in [-0.25, -0.2) is 4.98 Å². The van der Waals surface area contributed by atoms with Gasteiger partial charge < -0.3 is 9.88 Å². The number of amides is 1. The first kappa shape index (κ1) is 13.6. The van der Waals surface area contributed by atoms with Crippen molar-refractivity contribution in [2.45, 2.75) is 6.54 Å². The molecular formula is C16H14ClN3O. The van der Waals surface area contributed by atoms with Crippen LogP contribution in [0.4, 0.5) is 0 Å². The van der Waals surface area contributed by atoms with Crippen molar-refractivity contribution in [1.29, 1.82) is 0 Å². The second kappa shape index (κ2) is 5.58. The minimum Gasteiger partial charge on any atom is -0.345 e. The zero-order valence-electron chi connectivity index (χ0n) is 11.5. The molecule has 21 heavy (non-hydrogen) atoms. The van der Waals surface area contributed by atoms with Crippen molar-refractivity contribution >= 4 is 28.5 Å². The van der Waals surface area contributed by atoms with Gasteiger partial charge in [0.2, 0.25) is 0 Å². The van der Waals surface area contributed by atoms with Gasteiger partial charge in [0, 0.05) is 17.6 Å². The van der Waals surface area contributed by atoms with E-state index in [4.69, 9.17) is 11.6 Å². The molecular weight excluding hydrogens is 286 g/mol. The molecule has 0 aliphatic heterocycles. The Bertz CT molecular complexity index is 793. The van der Waals surface area contributed by atoms with E-state index in [9.17, 15) is 4.79 Å². The first-order valence-electron chi connectivity index (χ1n) is 6.59. The summed E-state index contributed by atoms with van der Waals surface area (Å²) in [6, 6.07) is 14.7. The Kier molecular flexibility index (Phi) is 3.62. The maximum absolute atomic E-state index is 12.1. The number of carbonyl (C=O) groups is 1. The number of hydrogen-bond acceptors (Lipinski definition) is 2. The van der Waals surface area contributed by atoms with Crippen LogP contribution in [0.15, 0.2) is 48.5 Å². The van der Waals surface area contributed by atoms with Crippen molar-refractivity contribution in [3.63, 3.8) is 0 Å². The van der Waals surface area contributed by atoms with E-state index in [0.29, 0.717) is 17.1 Å². The predicted octanol–water partition coefficient (Wildman–Crippen LogP) is 3.16. The molecule has 0 saturated heterocycles. The topological polar surface area (TPSA) is 46.9 Å². The molecule has 0 atom stereocenters. The zero-order valence-corrected chi connectivity index (χ0v) is 12.3. The van der Waals surface area contributed by atoms with E-state index in [-0.39, 0.29) is 5.91 Å². The van der Waals surface area contributed by atoms with E-state index in [1.54, 1.807) is 24.3 Å². The number of aromatic nitrogens is 2. The Morgan fingerprint density at radius 2 is 1.90 bits per heavy atom. The molecule has 0 spiro atoms. The Balaban J connectivity index is 1.75. The Hall–Kier alpha value is -2.33. The number of imidazole rings is 1. The van der Waals surface area contributed by atoms with E-state index in [2.05, 4.69) is 10.3 Å². The molecule has 2 aromatic carbocycles. The monoisotopic (exact) mass is 299 g/mol. The fourth-order valence-corrected chi connectivity index (χ4v) is 2.34. The van der Waals surface area contributed by atoms with Gasteiger partial charge in [0.25, 0.3) is 5.91 Å². The molecule has 5 heteroatoms. The summed E-state index contributed by atoms with van der Waals surface area (Å²) in [6.45, 7) is 0.382. The van der Waals surface area contributed by atoms with Gasteiger partial charge in [0.05, 0.1) is 17.6 Å². The number of rotatable bonds is 3. The number of para-hydroxylation sites is 2. The van der Waals surface area contributed by atoms with Crippen molar-refractivity contribution < 1.29 is 4.79 Å². The molecule has 1 N–H and O–H groups in total. The average Bonchev–Trinajstić information content (AvgIpc) is 2.82. The third-order valence-electron chi connectivity index (χ3n) is 3.39. The molecule has 0 unspecified atom stereocenters. The van der Waals surface area contributed by atoms with Crippen LogP contribution in [0, 0.1) is 0 Å². The number of aryl methyl sites for hydroxylation is 1. The number of hydrogen-bond donors (Lipinski definition) is 1. The molecule has 4 nitrogen and oxygen atoms in total. The lowest BCUT2D eigenvalue weighted by Crippen LogP contribution is -2.24. The van der Waals surface area contributed by atoms with Gasteiger partial charge >= 0.3 is 0 Å². The standard InChI is InChI=1S/C16H14ClN3O/c1-20-14-5-3-2-4-13(14)19-15(20)10-18-16(21)11-6-8-12(17)9-7-11/h2-9H,10H2,1H3,(H,18,21). The molecule has 106 valence electrons. The summed E-state index contributed by atoms with van der Waals surface area (Å²) in [7, 11) is 1.94. The van der Waals surface area contributed by atoms with Crippen LogP contribution in [0.25, 0.3) is 11.0 Å². The molecule has 0 bridgehead atoms. The van der Waals surface area contributed by atoms with E-state index in [1.165, 1.54) is 0 Å². The molecule has 1 aromatic heterocycles. The van der Waals surface area contributed by atoms with Gasteiger partial charge in [0.15, 0.2) is 0 Å². The summed E-state index contributed by atoms with van der Waals surface area (Å²) in [5.74, 6) is 0.678. The maximum atomic E-state index is 12.1. The average molecular weight is 300 g/mol. The zero-order chi connectivity index (χ0) is 14.8. The number of fused-ring (bicyclic) bond motifs is 1. The van der Waals surface area contributed by atoms with Crippen LogP contribution >= 0.6 is 11.6 Å². The first-order valence-corrected chi connectivity index (χ1v) is 6.97. The van der Waals surface area contributed by atoms with Gasteiger partial charge in [-0.3, -0.25) is 4.79 Å². The fourth-order valence-electron chi connectivity index (χ4n) is 2.22. The lowest BCUT2D eigenvalue weighted by atomic mass is 10.2. The van der Waals surface area contributed by atoms with Gasteiger partial charge in [0.1, 0.15) is 5.82 Å². The molecule has 0 saturated carbocycles. The van der Waals surface area contributed by atoms with Crippen LogP contribution in [0.2, 0.25) is 5.02 Å². The summed E-state index contributed by atoms with van der Waals surface area (Å²) in [4.78, 5) is 16.6. The van der Waals surface area contributed by atoms with Gasteiger partial charge in [-0.1, -0.05) is 23.7 Å². The Morgan fingerprint density at radius 1 is 1.19 bits per heavy atom. The first-order chi connectivity index (χ1) is 10.1. The summed E-state index contributed by atoms with van der Waals surface area (Å²) >= 11 is 5.81. The summed E-state index contributed by atoms with van der Waals surface area (Å²) in [6.07, 6.45) is 0. The van der Waals surface area contributed by atoms with E-state index in [0.717, 1.165) is 16.9 Å². The lowest BCUT2D eigenvalue weighted by molar-refractivity contribution is 0.0949. The predicted molar refractivity (Wildman–Crippen MR) is 83.3 cm³/mol. The second-order valence-electron chi connectivity index (χ2n) is 4.77. The third-order valence-corrected chi connectivity index (χ3v) is 3.65. The van der Waals surface area contributed by atoms with Crippen LogP contribution in [-0.4, -0.2) is 15.5 Å². The Morgan fingerprint density at radius 3 is 2.62 bits per heavy atom. The highest BCUT2D eigenvalue weighted by Crippen LogP contribution is 2.14. The highest BCUT2D eigenvalue weighted by atomic mass is 35.5. The molecule has 0 aliphatic rings. The van der Waals surface area contributed by atoms with Crippen molar-refractivity contribution in [1.82, 2.24) is 14.9 Å². The second-order valence-corrected chi connectivity index (χ2v) is 5.20. The van der Waals surface area contributed by atoms with E-state index >= 15 is 0 Å². The van der Waals surface area contributed by atoms with Crippen molar-refractivity contribution in [2.75, 3.05) is 0 Å². The SMILES string of the molecule is Cn1c(CNC(=O)c2ccc(Cl)cc2)nc2ccccc21. The van der Waals surface area contributed by atoms with Crippen molar-refractivity contribution in [3.8, 4) is 0 Å². The van der Waals surface area contributed by atoms with Crippen LogP contribution in [-0.2, 0) is 13.6 Å². The minimum absolute atomic E-state index is 0.140.